The molecule has 0 N–H and O–H groups in total. The Hall–Kier alpha value is -0.0800. The van der Waals surface area contributed by atoms with E-state index in [4.69, 9.17) is 9.47 Å². The third-order valence-corrected chi connectivity index (χ3v) is 6.09. The molecule has 2 heteroatoms. The first kappa shape index (κ1) is 12.0. The molecule has 2 bridgehead atoms. The van der Waals surface area contributed by atoms with Crippen molar-refractivity contribution in [3.63, 3.8) is 0 Å². The Morgan fingerprint density at radius 2 is 1.94 bits per heavy atom. The molecule has 0 radical (unpaired) electrons. The van der Waals surface area contributed by atoms with Crippen LogP contribution in [-0.4, -0.2) is 18.5 Å². The van der Waals surface area contributed by atoms with Gasteiger partial charge in [-0.2, -0.15) is 0 Å². The Morgan fingerprint density at radius 1 is 1.24 bits per heavy atom. The summed E-state index contributed by atoms with van der Waals surface area (Å²) in [7, 11) is 0. The van der Waals surface area contributed by atoms with Gasteiger partial charge in [0, 0.05) is 6.42 Å². The van der Waals surface area contributed by atoms with Gasteiger partial charge in [-0.15, -0.1) is 0 Å². The molecule has 5 atom stereocenters. The Bertz CT molecular complexity index is 323. The summed E-state index contributed by atoms with van der Waals surface area (Å²) in [5.41, 5.74) is 0.822. The van der Waals surface area contributed by atoms with E-state index in [2.05, 4.69) is 34.6 Å². The summed E-state index contributed by atoms with van der Waals surface area (Å²) >= 11 is 0. The molecular weight excluding hydrogens is 212 g/mol. The van der Waals surface area contributed by atoms with Crippen molar-refractivity contribution < 1.29 is 9.47 Å². The van der Waals surface area contributed by atoms with Crippen LogP contribution in [-0.2, 0) is 9.47 Å². The monoisotopic (exact) mass is 238 g/mol. The minimum atomic E-state index is 0.0565. The second-order valence-corrected chi connectivity index (χ2v) is 7.35. The first-order chi connectivity index (χ1) is 7.86. The van der Waals surface area contributed by atoms with Gasteiger partial charge in [-0.3, -0.25) is 0 Å². The summed E-state index contributed by atoms with van der Waals surface area (Å²) < 4.78 is 12.1. The lowest BCUT2D eigenvalue weighted by Gasteiger charge is -2.38. The Morgan fingerprint density at radius 3 is 2.53 bits per heavy atom. The lowest BCUT2D eigenvalue weighted by atomic mass is 9.70. The number of hydrogen-bond donors (Lipinski definition) is 0. The Balaban J connectivity index is 1.81. The molecule has 3 aliphatic rings. The molecule has 3 rings (SSSR count). The van der Waals surface area contributed by atoms with Gasteiger partial charge in [0.05, 0.1) is 12.2 Å². The maximum absolute atomic E-state index is 6.25. The van der Waals surface area contributed by atoms with E-state index in [1.54, 1.807) is 0 Å². The van der Waals surface area contributed by atoms with E-state index in [1.165, 1.54) is 12.8 Å². The number of rotatable bonds is 2. The summed E-state index contributed by atoms with van der Waals surface area (Å²) in [6.07, 6.45) is 4.62. The fraction of sp³-hybridized carbons (Fsp3) is 1.00. The molecule has 0 aromatic carbocycles. The van der Waals surface area contributed by atoms with Crippen molar-refractivity contribution in [1.29, 1.82) is 0 Å². The molecular formula is C15H26O2. The summed E-state index contributed by atoms with van der Waals surface area (Å²) in [6.45, 7) is 11.5. The van der Waals surface area contributed by atoms with Crippen LogP contribution in [0.1, 0.15) is 53.9 Å². The van der Waals surface area contributed by atoms with Crippen molar-refractivity contribution in [2.24, 2.45) is 22.7 Å². The van der Waals surface area contributed by atoms with E-state index in [-0.39, 0.29) is 12.4 Å². The molecule has 2 saturated carbocycles. The average Bonchev–Trinajstić information content (AvgIpc) is 2.73. The highest BCUT2D eigenvalue weighted by Gasteiger charge is 2.69. The van der Waals surface area contributed by atoms with E-state index in [0.717, 1.165) is 18.3 Å². The van der Waals surface area contributed by atoms with Gasteiger partial charge in [-0.1, -0.05) is 20.8 Å². The van der Waals surface area contributed by atoms with Crippen LogP contribution in [0.5, 0.6) is 0 Å². The molecule has 2 nitrogen and oxygen atoms in total. The second-order valence-electron chi connectivity index (χ2n) is 7.35. The maximum atomic E-state index is 6.25. The second kappa shape index (κ2) is 3.48. The molecule has 0 aromatic heterocycles. The van der Waals surface area contributed by atoms with Gasteiger partial charge in [-0.25, -0.2) is 0 Å². The molecule has 2 aliphatic carbocycles. The van der Waals surface area contributed by atoms with Gasteiger partial charge in [0.2, 0.25) is 0 Å². The molecule has 1 heterocycles. The topological polar surface area (TPSA) is 18.5 Å². The van der Waals surface area contributed by atoms with Crippen LogP contribution in [0.2, 0.25) is 0 Å². The lowest BCUT2D eigenvalue weighted by molar-refractivity contribution is -0.179. The fourth-order valence-electron chi connectivity index (χ4n) is 4.87. The summed E-state index contributed by atoms with van der Waals surface area (Å²) in [5, 5.41) is 0. The van der Waals surface area contributed by atoms with Crippen LogP contribution in [0.4, 0.5) is 0 Å². The Kier molecular flexibility index (Phi) is 2.45. The molecule has 0 spiro atoms. The van der Waals surface area contributed by atoms with Crippen molar-refractivity contribution in [3.05, 3.63) is 0 Å². The third-order valence-electron chi connectivity index (χ3n) is 6.09. The first-order valence-electron chi connectivity index (χ1n) is 7.17. The van der Waals surface area contributed by atoms with E-state index < -0.39 is 0 Å². The zero-order valence-electron chi connectivity index (χ0n) is 11.8. The zero-order valence-corrected chi connectivity index (χ0v) is 11.8. The minimum absolute atomic E-state index is 0.0565. The van der Waals surface area contributed by atoms with Crippen molar-refractivity contribution in [2.75, 3.05) is 0 Å². The van der Waals surface area contributed by atoms with Gasteiger partial charge < -0.3 is 9.47 Å². The van der Waals surface area contributed by atoms with Gasteiger partial charge >= 0.3 is 0 Å². The predicted molar refractivity (Wildman–Crippen MR) is 67.6 cm³/mol. The molecule has 1 aliphatic heterocycles. The number of hydrogen-bond acceptors (Lipinski definition) is 2. The van der Waals surface area contributed by atoms with Crippen molar-refractivity contribution in [3.8, 4) is 0 Å². The molecule has 2 unspecified atom stereocenters. The Labute approximate surface area is 105 Å². The summed E-state index contributed by atoms with van der Waals surface area (Å²) in [5.74, 6) is 1.59. The smallest absolute Gasteiger partial charge is 0.158 e. The van der Waals surface area contributed by atoms with Crippen molar-refractivity contribution in [2.45, 2.75) is 72.4 Å². The van der Waals surface area contributed by atoms with Gasteiger partial charge in [0.1, 0.15) is 0 Å². The van der Waals surface area contributed by atoms with Gasteiger partial charge in [-0.05, 0) is 49.4 Å². The molecule has 98 valence electrons. The first-order valence-corrected chi connectivity index (χ1v) is 7.17. The number of ether oxygens (including phenoxy) is 2. The minimum Gasteiger partial charge on any atom is -0.350 e. The van der Waals surface area contributed by atoms with Crippen LogP contribution in [0.3, 0.4) is 0 Å². The van der Waals surface area contributed by atoms with Gasteiger partial charge in [0.15, 0.2) is 6.29 Å². The predicted octanol–water partition coefficient (Wildman–Crippen LogP) is 3.60. The van der Waals surface area contributed by atoms with Crippen LogP contribution in [0, 0.1) is 22.7 Å². The zero-order chi connectivity index (χ0) is 12.4. The van der Waals surface area contributed by atoms with Crippen LogP contribution >= 0.6 is 0 Å². The average molecular weight is 238 g/mol. The standard InChI is InChI=1S/C15H26O2/c1-9(2)16-12-8-10-11-6-7-15(5,13(10)17-12)14(11,3)4/h9-13H,6-8H2,1-5H3/t10?,11?,12-,13-,15-/m0/s1. The summed E-state index contributed by atoms with van der Waals surface area (Å²) in [4.78, 5) is 0. The maximum Gasteiger partial charge on any atom is 0.158 e. The SMILES string of the molecule is CC(C)O[C@@H]1CC2C3CC[C@@](C)([C@H]2O1)C3(C)C. The summed E-state index contributed by atoms with van der Waals surface area (Å²) in [6, 6.07) is 0. The fourth-order valence-corrected chi connectivity index (χ4v) is 4.87. The molecule has 3 fully saturated rings. The highest BCUT2D eigenvalue weighted by molar-refractivity contribution is 5.16. The van der Waals surface area contributed by atoms with Crippen LogP contribution in [0.15, 0.2) is 0 Å². The van der Waals surface area contributed by atoms with E-state index in [0.29, 0.717) is 16.9 Å². The number of fused-ring (bicyclic) bond motifs is 5. The molecule has 1 saturated heterocycles. The van der Waals surface area contributed by atoms with E-state index in [1.807, 2.05) is 0 Å². The normalized spacial score (nSPS) is 51.2. The quantitative estimate of drug-likeness (QED) is 0.732. The molecule has 0 aromatic rings. The van der Waals surface area contributed by atoms with Crippen LogP contribution in [0.25, 0.3) is 0 Å². The van der Waals surface area contributed by atoms with Crippen molar-refractivity contribution in [1.82, 2.24) is 0 Å². The highest BCUT2D eigenvalue weighted by atomic mass is 16.7. The molecule has 0 amide bonds. The highest BCUT2D eigenvalue weighted by Crippen LogP contribution is 2.71. The van der Waals surface area contributed by atoms with Crippen molar-refractivity contribution >= 4 is 0 Å². The van der Waals surface area contributed by atoms with E-state index >= 15 is 0 Å². The molecule has 17 heavy (non-hydrogen) atoms. The van der Waals surface area contributed by atoms with E-state index in [9.17, 15) is 0 Å². The van der Waals surface area contributed by atoms with Gasteiger partial charge in [0.25, 0.3) is 0 Å². The third kappa shape index (κ3) is 1.40. The lowest BCUT2D eigenvalue weighted by Crippen LogP contribution is -2.38. The van der Waals surface area contributed by atoms with Crippen LogP contribution < -0.4 is 0 Å². The largest absolute Gasteiger partial charge is 0.350 e.